The van der Waals surface area contributed by atoms with Gasteiger partial charge in [-0.1, -0.05) is 50.1 Å². The predicted molar refractivity (Wildman–Crippen MR) is 103 cm³/mol. The SMILES string of the molecule is CCC1CCCCCc2c1oc(=O)c(C(c1ccccc1)C1CC1)c2O. The molecule has 2 atom stereocenters. The van der Waals surface area contributed by atoms with Crippen LogP contribution in [0.4, 0.5) is 0 Å². The third kappa shape index (κ3) is 3.20. The molecular weight excluding hydrogens is 324 g/mol. The van der Waals surface area contributed by atoms with E-state index < -0.39 is 0 Å². The monoisotopic (exact) mass is 352 g/mol. The van der Waals surface area contributed by atoms with Crippen molar-refractivity contribution in [2.75, 3.05) is 0 Å². The normalized spacial score (nSPS) is 21.5. The van der Waals surface area contributed by atoms with Crippen LogP contribution in [0.5, 0.6) is 5.75 Å². The molecule has 1 N–H and O–H groups in total. The number of hydrogen-bond acceptors (Lipinski definition) is 3. The number of aromatic hydroxyl groups is 1. The molecule has 2 aromatic rings. The molecule has 3 heteroatoms. The van der Waals surface area contributed by atoms with Gasteiger partial charge in [0.15, 0.2) is 0 Å². The van der Waals surface area contributed by atoms with E-state index in [1.165, 1.54) is 12.8 Å². The summed E-state index contributed by atoms with van der Waals surface area (Å²) in [7, 11) is 0. The highest BCUT2D eigenvalue weighted by atomic mass is 16.4. The lowest BCUT2D eigenvalue weighted by Crippen LogP contribution is -2.20. The van der Waals surface area contributed by atoms with Crippen LogP contribution in [0.15, 0.2) is 39.5 Å². The first-order valence-electron chi connectivity index (χ1n) is 10.1. The standard InChI is InChI=1S/C23H28O3/c1-2-15-9-5-4-8-12-18-21(24)20(23(25)26-22(15)18)19(17-13-14-17)16-10-6-3-7-11-16/h3,6-7,10-11,15,17,19,24H,2,4-5,8-9,12-14H2,1H3. The minimum Gasteiger partial charge on any atom is -0.507 e. The molecule has 0 aliphatic heterocycles. The second-order valence-electron chi connectivity index (χ2n) is 7.92. The Labute approximate surface area is 155 Å². The molecule has 26 heavy (non-hydrogen) atoms. The lowest BCUT2D eigenvalue weighted by atomic mass is 9.83. The van der Waals surface area contributed by atoms with Crippen molar-refractivity contribution in [3.63, 3.8) is 0 Å². The molecule has 1 fully saturated rings. The average molecular weight is 352 g/mol. The van der Waals surface area contributed by atoms with E-state index in [9.17, 15) is 9.90 Å². The molecular formula is C23H28O3. The first-order valence-corrected chi connectivity index (χ1v) is 10.1. The van der Waals surface area contributed by atoms with Gasteiger partial charge in [0.25, 0.3) is 0 Å². The molecule has 4 rings (SSSR count). The Bertz CT molecular complexity index is 817. The van der Waals surface area contributed by atoms with E-state index in [-0.39, 0.29) is 23.2 Å². The summed E-state index contributed by atoms with van der Waals surface area (Å²) in [6.07, 6.45) is 8.38. The van der Waals surface area contributed by atoms with Crippen molar-refractivity contribution in [1.29, 1.82) is 0 Å². The maximum Gasteiger partial charge on any atom is 0.343 e. The number of hydrogen-bond donors (Lipinski definition) is 1. The zero-order chi connectivity index (χ0) is 18.1. The molecule has 0 bridgehead atoms. The quantitative estimate of drug-likeness (QED) is 0.791. The van der Waals surface area contributed by atoms with Gasteiger partial charge in [0.1, 0.15) is 11.5 Å². The van der Waals surface area contributed by atoms with E-state index >= 15 is 0 Å². The summed E-state index contributed by atoms with van der Waals surface area (Å²) in [5, 5.41) is 11.2. The van der Waals surface area contributed by atoms with Crippen LogP contribution in [0.25, 0.3) is 0 Å². The number of benzene rings is 1. The average Bonchev–Trinajstić information content (AvgIpc) is 3.46. The highest BCUT2D eigenvalue weighted by molar-refractivity contribution is 5.47. The first-order chi connectivity index (χ1) is 12.7. The highest BCUT2D eigenvalue weighted by Gasteiger charge is 2.38. The second kappa shape index (κ2) is 7.30. The summed E-state index contributed by atoms with van der Waals surface area (Å²) in [6, 6.07) is 10.1. The molecule has 0 spiro atoms. The third-order valence-electron chi connectivity index (χ3n) is 6.17. The largest absolute Gasteiger partial charge is 0.507 e. The lowest BCUT2D eigenvalue weighted by Gasteiger charge is -2.24. The van der Waals surface area contributed by atoms with E-state index in [4.69, 9.17) is 4.42 Å². The van der Waals surface area contributed by atoms with Crippen LogP contribution in [0.1, 0.15) is 86.2 Å². The van der Waals surface area contributed by atoms with Crippen molar-refractivity contribution in [2.45, 2.75) is 70.1 Å². The Morgan fingerprint density at radius 1 is 1.12 bits per heavy atom. The van der Waals surface area contributed by atoms with Gasteiger partial charge >= 0.3 is 5.63 Å². The molecule has 2 aliphatic carbocycles. The molecule has 1 heterocycles. The minimum absolute atomic E-state index is 0.0525. The molecule has 0 amide bonds. The molecule has 2 aliphatic rings. The van der Waals surface area contributed by atoms with Crippen LogP contribution < -0.4 is 5.63 Å². The Balaban J connectivity index is 1.86. The van der Waals surface area contributed by atoms with E-state index in [1.807, 2.05) is 18.2 Å². The van der Waals surface area contributed by atoms with Crippen molar-refractivity contribution >= 4 is 0 Å². The third-order valence-corrected chi connectivity index (χ3v) is 6.17. The maximum atomic E-state index is 13.0. The summed E-state index contributed by atoms with van der Waals surface area (Å²) in [4.78, 5) is 13.0. The van der Waals surface area contributed by atoms with Gasteiger partial charge in [0, 0.05) is 17.4 Å². The molecule has 0 radical (unpaired) electrons. The number of rotatable bonds is 4. The first kappa shape index (κ1) is 17.4. The summed E-state index contributed by atoms with van der Waals surface area (Å²) < 4.78 is 5.92. The molecule has 1 aromatic carbocycles. The van der Waals surface area contributed by atoms with E-state index in [0.717, 1.165) is 55.4 Å². The Morgan fingerprint density at radius 3 is 2.58 bits per heavy atom. The van der Waals surface area contributed by atoms with Crippen LogP contribution in [-0.2, 0) is 6.42 Å². The molecule has 0 saturated heterocycles. The van der Waals surface area contributed by atoms with Gasteiger partial charge in [-0.3, -0.25) is 0 Å². The van der Waals surface area contributed by atoms with Gasteiger partial charge in [0.05, 0.1) is 5.56 Å². The smallest absolute Gasteiger partial charge is 0.343 e. The van der Waals surface area contributed by atoms with Crippen molar-refractivity contribution in [3.05, 3.63) is 63.2 Å². The molecule has 1 saturated carbocycles. The van der Waals surface area contributed by atoms with Crippen LogP contribution in [0.3, 0.4) is 0 Å². The molecule has 3 nitrogen and oxygen atoms in total. The summed E-state index contributed by atoms with van der Waals surface area (Å²) in [5.41, 5.74) is 2.16. The zero-order valence-corrected chi connectivity index (χ0v) is 15.5. The topological polar surface area (TPSA) is 50.4 Å². The summed E-state index contributed by atoms with van der Waals surface area (Å²) in [6.45, 7) is 2.14. The Morgan fingerprint density at radius 2 is 1.88 bits per heavy atom. The van der Waals surface area contributed by atoms with E-state index in [0.29, 0.717) is 11.5 Å². The molecule has 2 unspecified atom stereocenters. The van der Waals surface area contributed by atoms with Crippen molar-refractivity contribution in [2.24, 2.45) is 5.92 Å². The summed E-state index contributed by atoms with van der Waals surface area (Å²) >= 11 is 0. The highest BCUT2D eigenvalue weighted by Crippen LogP contribution is 2.49. The summed E-state index contributed by atoms with van der Waals surface area (Å²) in [5.74, 6) is 1.59. The number of fused-ring (bicyclic) bond motifs is 1. The Hall–Kier alpha value is -2.03. The van der Waals surface area contributed by atoms with Gasteiger partial charge in [-0.2, -0.15) is 0 Å². The lowest BCUT2D eigenvalue weighted by molar-refractivity contribution is 0.350. The van der Waals surface area contributed by atoms with Gasteiger partial charge in [-0.15, -0.1) is 0 Å². The maximum absolute atomic E-state index is 13.0. The van der Waals surface area contributed by atoms with Crippen molar-refractivity contribution in [1.82, 2.24) is 0 Å². The van der Waals surface area contributed by atoms with Gasteiger partial charge in [0.2, 0.25) is 0 Å². The van der Waals surface area contributed by atoms with Crippen LogP contribution >= 0.6 is 0 Å². The van der Waals surface area contributed by atoms with Crippen LogP contribution in [0.2, 0.25) is 0 Å². The minimum atomic E-state index is -0.332. The van der Waals surface area contributed by atoms with Crippen molar-refractivity contribution < 1.29 is 9.52 Å². The van der Waals surface area contributed by atoms with Crippen molar-refractivity contribution in [3.8, 4) is 5.75 Å². The predicted octanol–water partition coefficient (Wildman–Crippen LogP) is 5.50. The van der Waals surface area contributed by atoms with Crippen LogP contribution in [0, 0.1) is 5.92 Å². The molecule has 138 valence electrons. The molecule has 1 aromatic heterocycles. The van der Waals surface area contributed by atoms with Gasteiger partial charge in [-0.05, 0) is 50.0 Å². The van der Waals surface area contributed by atoms with E-state index in [1.54, 1.807) is 0 Å². The Kier molecular flexibility index (Phi) is 4.88. The fraction of sp³-hybridized carbons (Fsp3) is 0.522. The zero-order valence-electron chi connectivity index (χ0n) is 15.5. The van der Waals surface area contributed by atoms with Crippen LogP contribution in [-0.4, -0.2) is 5.11 Å². The fourth-order valence-corrected chi connectivity index (χ4v) is 4.59. The van der Waals surface area contributed by atoms with Gasteiger partial charge < -0.3 is 9.52 Å². The van der Waals surface area contributed by atoms with Gasteiger partial charge in [-0.25, -0.2) is 4.79 Å². The fourth-order valence-electron chi connectivity index (χ4n) is 4.59. The van der Waals surface area contributed by atoms with E-state index in [2.05, 4.69) is 19.1 Å². The second-order valence-corrected chi connectivity index (χ2v) is 7.92.